The van der Waals surface area contributed by atoms with Crippen molar-refractivity contribution in [2.45, 2.75) is 46.6 Å². The van der Waals surface area contributed by atoms with Gasteiger partial charge in [0, 0.05) is 0 Å². The normalized spacial score (nSPS) is 12.0. The van der Waals surface area contributed by atoms with Gasteiger partial charge in [-0.1, -0.05) is 49.4 Å². The zero-order valence-electron chi connectivity index (χ0n) is 13.9. The van der Waals surface area contributed by atoms with Gasteiger partial charge in [0.05, 0.1) is 12.5 Å². The van der Waals surface area contributed by atoms with Crippen LogP contribution in [-0.2, 0) is 17.6 Å². The maximum Gasteiger partial charge on any atom is 0.224 e. The molecule has 0 aliphatic carbocycles. The summed E-state index contributed by atoms with van der Waals surface area (Å²) in [6, 6.07) is 14.7. The second-order valence-corrected chi connectivity index (χ2v) is 5.98. The molecule has 0 fully saturated rings. The van der Waals surface area contributed by atoms with Crippen molar-refractivity contribution < 1.29 is 4.79 Å². The molecule has 0 aromatic heterocycles. The molecule has 0 aliphatic heterocycles. The Balaban J connectivity index is 1.96. The van der Waals surface area contributed by atoms with Gasteiger partial charge in [-0.05, 0) is 55.0 Å². The van der Waals surface area contributed by atoms with Crippen molar-refractivity contribution in [1.82, 2.24) is 5.32 Å². The van der Waals surface area contributed by atoms with Gasteiger partial charge in [0.15, 0.2) is 0 Å². The molecule has 0 bridgehead atoms. The topological polar surface area (TPSA) is 29.1 Å². The van der Waals surface area contributed by atoms with E-state index < -0.39 is 0 Å². The summed E-state index contributed by atoms with van der Waals surface area (Å²) in [5.41, 5.74) is 6.01. The van der Waals surface area contributed by atoms with E-state index in [1.54, 1.807) is 0 Å². The summed E-state index contributed by atoms with van der Waals surface area (Å²) in [5.74, 6) is 0.0651. The molecule has 2 aromatic carbocycles. The summed E-state index contributed by atoms with van der Waals surface area (Å²) < 4.78 is 0. The highest BCUT2D eigenvalue weighted by molar-refractivity contribution is 5.79. The largest absolute Gasteiger partial charge is 0.349 e. The van der Waals surface area contributed by atoms with E-state index in [1.807, 2.05) is 13.0 Å². The first-order chi connectivity index (χ1) is 10.5. The molecule has 2 aromatic rings. The van der Waals surface area contributed by atoms with Gasteiger partial charge in [0.25, 0.3) is 0 Å². The second kappa shape index (κ2) is 7.26. The van der Waals surface area contributed by atoms with E-state index in [-0.39, 0.29) is 11.9 Å². The first-order valence-electron chi connectivity index (χ1n) is 7.94. The predicted octanol–water partition coefficient (Wildman–Crippen LogP) is 4.29. The molecule has 0 radical (unpaired) electrons. The highest BCUT2D eigenvalue weighted by atomic mass is 16.1. The molecule has 0 saturated heterocycles. The van der Waals surface area contributed by atoms with Crippen LogP contribution >= 0.6 is 0 Å². The molecule has 2 heteroatoms. The SMILES string of the molecule is CCc1ccc(C(C)NC(=O)Cc2ccc(C)c(C)c2)cc1. The molecular weight excluding hydrogens is 270 g/mol. The third kappa shape index (κ3) is 4.20. The molecular formula is C20H25NO. The molecule has 0 aliphatic rings. The summed E-state index contributed by atoms with van der Waals surface area (Å²) in [4.78, 5) is 12.2. The Hall–Kier alpha value is -2.09. The first-order valence-corrected chi connectivity index (χ1v) is 7.94. The van der Waals surface area contributed by atoms with E-state index in [4.69, 9.17) is 0 Å². The molecule has 1 N–H and O–H groups in total. The van der Waals surface area contributed by atoms with Crippen molar-refractivity contribution in [2.75, 3.05) is 0 Å². The van der Waals surface area contributed by atoms with Crippen molar-refractivity contribution in [3.05, 3.63) is 70.3 Å². The number of rotatable bonds is 5. The first kappa shape index (κ1) is 16.3. The fraction of sp³-hybridized carbons (Fsp3) is 0.350. The number of hydrogen-bond donors (Lipinski definition) is 1. The minimum Gasteiger partial charge on any atom is -0.349 e. The number of benzene rings is 2. The number of carbonyl (C=O) groups excluding carboxylic acids is 1. The van der Waals surface area contributed by atoms with Crippen molar-refractivity contribution in [2.24, 2.45) is 0 Å². The average Bonchev–Trinajstić information content (AvgIpc) is 2.51. The fourth-order valence-electron chi connectivity index (χ4n) is 2.52. The van der Waals surface area contributed by atoms with Crippen LogP contribution in [0, 0.1) is 13.8 Å². The lowest BCUT2D eigenvalue weighted by Gasteiger charge is -2.15. The smallest absolute Gasteiger partial charge is 0.224 e. The maximum atomic E-state index is 12.2. The number of carbonyl (C=O) groups is 1. The van der Waals surface area contributed by atoms with Crippen LogP contribution in [0.5, 0.6) is 0 Å². The van der Waals surface area contributed by atoms with E-state index in [1.165, 1.54) is 16.7 Å². The number of nitrogens with one attached hydrogen (secondary N) is 1. The van der Waals surface area contributed by atoms with Gasteiger partial charge < -0.3 is 5.32 Å². The van der Waals surface area contributed by atoms with Crippen LogP contribution in [0.3, 0.4) is 0 Å². The zero-order chi connectivity index (χ0) is 16.1. The van der Waals surface area contributed by atoms with Crippen LogP contribution in [0.15, 0.2) is 42.5 Å². The lowest BCUT2D eigenvalue weighted by molar-refractivity contribution is -0.121. The zero-order valence-corrected chi connectivity index (χ0v) is 13.9. The van der Waals surface area contributed by atoms with E-state index in [9.17, 15) is 4.79 Å². The van der Waals surface area contributed by atoms with Gasteiger partial charge in [-0.3, -0.25) is 4.79 Å². The second-order valence-electron chi connectivity index (χ2n) is 5.98. The van der Waals surface area contributed by atoms with Gasteiger partial charge in [0.2, 0.25) is 5.91 Å². The van der Waals surface area contributed by atoms with Gasteiger partial charge in [-0.15, -0.1) is 0 Å². The standard InChI is InChI=1S/C20H25NO/c1-5-17-8-10-19(11-9-17)16(4)21-20(22)13-18-7-6-14(2)15(3)12-18/h6-12,16H,5,13H2,1-4H3,(H,21,22). The minimum absolute atomic E-state index is 0.0324. The Bertz CT molecular complexity index is 643. The summed E-state index contributed by atoms with van der Waals surface area (Å²) in [7, 11) is 0. The summed E-state index contributed by atoms with van der Waals surface area (Å²) in [5, 5.41) is 3.08. The lowest BCUT2D eigenvalue weighted by Crippen LogP contribution is -2.28. The Morgan fingerprint density at radius 3 is 2.23 bits per heavy atom. The third-order valence-corrected chi connectivity index (χ3v) is 4.20. The molecule has 1 amide bonds. The fourth-order valence-corrected chi connectivity index (χ4v) is 2.52. The molecule has 2 nitrogen and oxygen atoms in total. The van der Waals surface area contributed by atoms with Crippen LogP contribution in [0.25, 0.3) is 0 Å². The van der Waals surface area contributed by atoms with Gasteiger partial charge in [-0.2, -0.15) is 0 Å². The third-order valence-electron chi connectivity index (χ3n) is 4.20. The molecule has 1 unspecified atom stereocenters. The van der Waals surface area contributed by atoms with E-state index in [2.05, 4.69) is 62.5 Å². The van der Waals surface area contributed by atoms with Gasteiger partial charge >= 0.3 is 0 Å². The quantitative estimate of drug-likeness (QED) is 0.876. The number of amides is 1. The van der Waals surface area contributed by atoms with Crippen molar-refractivity contribution in [1.29, 1.82) is 0 Å². The van der Waals surface area contributed by atoms with Crippen LogP contribution < -0.4 is 5.32 Å². The Labute approximate surface area is 133 Å². The van der Waals surface area contributed by atoms with Crippen LogP contribution in [0.4, 0.5) is 0 Å². The highest BCUT2D eigenvalue weighted by Gasteiger charge is 2.10. The molecule has 116 valence electrons. The summed E-state index contributed by atoms with van der Waals surface area (Å²) in [6.45, 7) is 8.33. The Morgan fingerprint density at radius 1 is 1.00 bits per heavy atom. The maximum absolute atomic E-state index is 12.2. The lowest BCUT2D eigenvalue weighted by atomic mass is 10.0. The average molecular weight is 295 g/mol. The molecule has 0 spiro atoms. The van der Waals surface area contributed by atoms with Crippen LogP contribution in [-0.4, -0.2) is 5.91 Å². The monoisotopic (exact) mass is 295 g/mol. The van der Waals surface area contributed by atoms with Crippen molar-refractivity contribution in [3.8, 4) is 0 Å². The number of hydrogen-bond acceptors (Lipinski definition) is 1. The van der Waals surface area contributed by atoms with Crippen LogP contribution in [0.1, 0.15) is 47.7 Å². The van der Waals surface area contributed by atoms with Crippen molar-refractivity contribution in [3.63, 3.8) is 0 Å². The highest BCUT2D eigenvalue weighted by Crippen LogP contribution is 2.15. The van der Waals surface area contributed by atoms with Gasteiger partial charge in [-0.25, -0.2) is 0 Å². The number of aryl methyl sites for hydroxylation is 3. The van der Waals surface area contributed by atoms with Crippen LogP contribution in [0.2, 0.25) is 0 Å². The van der Waals surface area contributed by atoms with Crippen molar-refractivity contribution >= 4 is 5.91 Å². The molecule has 0 heterocycles. The van der Waals surface area contributed by atoms with E-state index in [0.717, 1.165) is 17.5 Å². The molecule has 0 saturated carbocycles. The van der Waals surface area contributed by atoms with E-state index >= 15 is 0 Å². The summed E-state index contributed by atoms with van der Waals surface area (Å²) >= 11 is 0. The van der Waals surface area contributed by atoms with Gasteiger partial charge in [0.1, 0.15) is 0 Å². The Morgan fingerprint density at radius 2 is 1.64 bits per heavy atom. The molecule has 2 rings (SSSR count). The molecule has 1 atom stereocenters. The minimum atomic E-state index is 0.0324. The molecule has 22 heavy (non-hydrogen) atoms. The Kier molecular flexibility index (Phi) is 5.37. The summed E-state index contributed by atoms with van der Waals surface area (Å²) in [6.07, 6.45) is 1.46. The van der Waals surface area contributed by atoms with E-state index in [0.29, 0.717) is 6.42 Å². The predicted molar refractivity (Wildman–Crippen MR) is 92.0 cm³/mol.